The molecule has 0 aromatic rings. The average molecular weight is 310 g/mol. The second-order valence-corrected chi connectivity index (χ2v) is 6.37. The Morgan fingerprint density at radius 1 is 1.50 bits per heavy atom. The minimum absolute atomic E-state index is 0.0279. The van der Waals surface area contributed by atoms with E-state index < -0.39 is 23.3 Å². The SMILES string of the molecule is C=C(C(=O)O)[C@H](CC(=O)OCC)C[C@@]1(C)C(=O)CCC[C@@H]1C. The van der Waals surface area contributed by atoms with Crippen molar-refractivity contribution in [3.05, 3.63) is 12.2 Å². The monoisotopic (exact) mass is 310 g/mol. The molecular weight excluding hydrogens is 284 g/mol. The van der Waals surface area contributed by atoms with Gasteiger partial charge in [-0.25, -0.2) is 4.79 Å². The third kappa shape index (κ3) is 4.18. The molecular formula is C17H26O5. The lowest BCUT2D eigenvalue weighted by Crippen LogP contribution is -2.40. The topological polar surface area (TPSA) is 80.7 Å². The molecule has 0 aromatic carbocycles. The molecule has 0 radical (unpaired) electrons. The number of carboxylic acid groups (broad SMARTS) is 1. The number of Topliss-reactive ketones (excluding diaryl/α,β-unsaturated/α-hetero) is 1. The van der Waals surface area contributed by atoms with Crippen LogP contribution in [-0.4, -0.2) is 29.4 Å². The molecule has 124 valence electrons. The zero-order valence-electron chi connectivity index (χ0n) is 13.7. The van der Waals surface area contributed by atoms with E-state index in [0.717, 1.165) is 12.8 Å². The van der Waals surface area contributed by atoms with Crippen LogP contribution in [0.15, 0.2) is 12.2 Å². The number of ether oxygens (including phenoxy) is 1. The molecule has 22 heavy (non-hydrogen) atoms. The fraction of sp³-hybridized carbons (Fsp3) is 0.706. The summed E-state index contributed by atoms with van der Waals surface area (Å²) in [5.74, 6) is -1.84. The van der Waals surface area contributed by atoms with E-state index in [4.69, 9.17) is 4.74 Å². The Kier molecular flexibility index (Phi) is 6.33. The Balaban J connectivity index is 2.95. The fourth-order valence-corrected chi connectivity index (χ4v) is 3.19. The van der Waals surface area contributed by atoms with Gasteiger partial charge in [0.2, 0.25) is 0 Å². The van der Waals surface area contributed by atoms with E-state index in [-0.39, 0.29) is 30.3 Å². The molecule has 0 heterocycles. The lowest BCUT2D eigenvalue weighted by molar-refractivity contribution is -0.145. The van der Waals surface area contributed by atoms with Crippen molar-refractivity contribution in [1.29, 1.82) is 0 Å². The van der Waals surface area contributed by atoms with E-state index in [0.29, 0.717) is 12.8 Å². The van der Waals surface area contributed by atoms with Crippen LogP contribution >= 0.6 is 0 Å². The number of ketones is 1. The molecule has 3 atom stereocenters. The molecule has 0 amide bonds. The molecule has 0 spiro atoms. The highest BCUT2D eigenvalue weighted by atomic mass is 16.5. The third-order valence-electron chi connectivity index (χ3n) is 4.92. The van der Waals surface area contributed by atoms with Crippen LogP contribution in [0.2, 0.25) is 0 Å². The number of hydrogen-bond acceptors (Lipinski definition) is 4. The van der Waals surface area contributed by atoms with Crippen LogP contribution < -0.4 is 0 Å². The van der Waals surface area contributed by atoms with E-state index in [1.54, 1.807) is 6.92 Å². The number of carbonyl (C=O) groups excluding carboxylic acids is 2. The molecule has 1 fully saturated rings. The number of carbonyl (C=O) groups is 3. The normalized spacial score (nSPS) is 26.3. The molecule has 1 aliphatic rings. The van der Waals surface area contributed by atoms with Crippen molar-refractivity contribution in [2.24, 2.45) is 17.3 Å². The van der Waals surface area contributed by atoms with Gasteiger partial charge in [-0.1, -0.05) is 20.4 Å². The largest absolute Gasteiger partial charge is 0.478 e. The quantitative estimate of drug-likeness (QED) is 0.577. The summed E-state index contributed by atoms with van der Waals surface area (Å²) in [6, 6.07) is 0. The van der Waals surface area contributed by atoms with E-state index in [2.05, 4.69) is 6.58 Å². The highest BCUT2D eigenvalue weighted by Crippen LogP contribution is 2.44. The molecule has 5 nitrogen and oxygen atoms in total. The molecule has 0 aliphatic heterocycles. The molecule has 1 N–H and O–H groups in total. The summed E-state index contributed by atoms with van der Waals surface area (Å²) in [4.78, 5) is 35.4. The molecule has 1 rings (SSSR count). The summed E-state index contributed by atoms with van der Waals surface area (Å²) in [6.45, 7) is 9.44. The zero-order valence-corrected chi connectivity index (χ0v) is 13.7. The fourth-order valence-electron chi connectivity index (χ4n) is 3.19. The van der Waals surface area contributed by atoms with Crippen LogP contribution in [0.5, 0.6) is 0 Å². The number of hydrogen-bond donors (Lipinski definition) is 1. The van der Waals surface area contributed by atoms with Gasteiger partial charge in [-0.2, -0.15) is 0 Å². The van der Waals surface area contributed by atoms with Crippen molar-refractivity contribution in [1.82, 2.24) is 0 Å². The average Bonchev–Trinajstić information content (AvgIpc) is 2.43. The summed E-state index contributed by atoms with van der Waals surface area (Å²) >= 11 is 0. The van der Waals surface area contributed by atoms with Gasteiger partial charge in [-0.15, -0.1) is 0 Å². The van der Waals surface area contributed by atoms with Gasteiger partial charge < -0.3 is 9.84 Å². The predicted octanol–water partition coefficient (Wildman–Crippen LogP) is 2.98. The predicted molar refractivity (Wildman–Crippen MR) is 82.3 cm³/mol. The Bertz CT molecular complexity index is 468. The summed E-state index contributed by atoms with van der Waals surface area (Å²) in [5.41, 5.74) is -0.631. The van der Waals surface area contributed by atoms with Gasteiger partial charge in [0.15, 0.2) is 0 Å². The molecule has 5 heteroatoms. The van der Waals surface area contributed by atoms with Crippen molar-refractivity contribution >= 4 is 17.7 Å². The van der Waals surface area contributed by atoms with Gasteiger partial charge in [0.1, 0.15) is 5.78 Å². The Morgan fingerprint density at radius 3 is 2.64 bits per heavy atom. The standard InChI is InChI=1S/C17H26O5/c1-5-22-15(19)9-13(12(3)16(20)21)10-17(4)11(2)7-6-8-14(17)18/h11,13H,3,5-10H2,1-2,4H3,(H,20,21)/t11-,13+,17+/m0/s1. The smallest absolute Gasteiger partial charge is 0.331 e. The van der Waals surface area contributed by atoms with Crippen LogP contribution in [0, 0.1) is 17.3 Å². The van der Waals surface area contributed by atoms with Crippen molar-refractivity contribution in [3.63, 3.8) is 0 Å². The third-order valence-corrected chi connectivity index (χ3v) is 4.92. The van der Waals surface area contributed by atoms with Gasteiger partial charge in [0, 0.05) is 23.3 Å². The maximum absolute atomic E-state index is 12.4. The zero-order chi connectivity index (χ0) is 16.9. The second-order valence-electron chi connectivity index (χ2n) is 6.37. The van der Waals surface area contributed by atoms with Crippen LogP contribution in [-0.2, 0) is 19.1 Å². The van der Waals surface area contributed by atoms with Crippen molar-refractivity contribution in [3.8, 4) is 0 Å². The highest BCUT2D eigenvalue weighted by molar-refractivity contribution is 5.89. The van der Waals surface area contributed by atoms with Gasteiger partial charge >= 0.3 is 11.9 Å². The van der Waals surface area contributed by atoms with Gasteiger partial charge in [0.05, 0.1) is 13.0 Å². The van der Waals surface area contributed by atoms with E-state index in [1.807, 2.05) is 13.8 Å². The molecule has 1 aliphatic carbocycles. The van der Waals surface area contributed by atoms with E-state index >= 15 is 0 Å². The number of aliphatic carboxylic acids is 1. The number of carboxylic acids is 1. The molecule has 0 aromatic heterocycles. The first-order valence-electron chi connectivity index (χ1n) is 7.83. The van der Waals surface area contributed by atoms with Gasteiger partial charge in [0.25, 0.3) is 0 Å². The van der Waals surface area contributed by atoms with Gasteiger partial charge in [-0.3, -0.25) is 9.59 Å². The molecule has 0 unspecified atom stereocenters. The first-order valence-corrected chi connectivity index (χ1v) is 7.83. The first-order chi connectivity index (χ1) is 10.2. The Labute approximate surface area is 131 Å². The minimum atomic E-state index is -1.13. The van der Waals surface area contributed by atoms with E-state index in [9.17, 15) is 19.5 Å². The number of rotatable bonds is 7. The van der Waals surface area contributed by atoms with Crippen molar-refractivity contribution in [2.75, 3.05) is 6.61 Å². The van der Waals surface area contributed by atoms with Crippen molar-refractivity contribution in [2.45, 2.75) is 52.9 Å². The molecule has 0 saturated heterocycles. The lowest BCUT2D eigenvalue weighted by atomic mass is 9.62. The van der Waals surface area contributed by atoms with Crippen LogP contribution in [0.4, 0.5) is 0 Å². The minimum Gasteiger partial charge on any atom is -0.478 e. The summed E-state index contributed by atoms with van der Waals surface area (Å²) in [6.07, 6.45) is 2.62. The Morgan fingerprint density at radius 2 is 2.14 bits per heavy atom. The van der Waals surface area contributed by atoms with Crippen LogP contribution in [0.25, 0.3) is 0 Å². The second kappa shape index (κ2) is 7.56. The maximum Gasteiger partial charge on any atom is 0.331 e. The number of esters is 1. The molecule has 1 saturated carbocycles. The van der Waals surface area contributed by atoms with Gasteiger partial charge in [-0.05, 0) is 32.1 Å². The van der Waals surface area contributed by atoms with E-state index in [1.165, 1.54) is 0 Å². The first kappa shape index (κ1) is 18.4. The highest BCUT2D eigenvalue weighted by Gasteiger charge is 2.43. The van der Waals surface area contributed by atoms with Crippen LogP contribution in [0.3, 0.4) is 0 Å². The lowest BCUT2D eigenvalue weighted by Gasteiger charge is -2.40. The summed E-state index contributed by atoms with van der Waals surface area (Å²) < 4.78 is 4.92. The Hall–Kier alpha value is -1.65. The maximum atomic E-state index is 12.4. The summed E-state index contributed by atoms with van der Waals surface area (Å²) in [7, 11) is 0. The molecule has 0 bridgehead atoms. The summed E-state index contributed by atoms with van der Waals surface area (Å²) in [5, 5.41) is 9.20. The van der Waals surface area contributed by atoms with Crippen LogP contribution in [0.1, 0.15) is 52.9 Å². The van der Waals surface area contributed by atoms with Crippen molar-refractivity contribution < 1.29 is 24.2 Å².